The average molecular weight is 2100 g/mol. The quantitative estimate of drug-likeness (QED) is 0.0209. The monoisotopic (exact) mass is 2100 g/mol. The summed E-state index contributed by atoms with van der Waals surface area (Å²) in [5.41, 5.74) is -2.01. The van der Waals surface area contributed by atoms with Gasteiger partial charge < -0.3 is 152 Å². The number of nitrogens with zero attached hydrogens (tertiary/aromatic N) is 4. The van der Waals surface area contributed by atoms with E-state index in [1.54, 1.807) is 26.2 Å². The molecule has 8 amide bonds. The Bertz CT molecular complexity index is 5860. The second-order valence-corrected chi connectivity index (χ2v) is 41.9. The molecule has 794 valence electrons. The number of nitrogens with one attached hydrogen (secondary N) is 9. The first-order valence-corrected chi connectivity index (χ1v) is 52.0. The number of aliphatic hydroxyl groups excluding tert-OH is 8. The van der Waals surface area contributed by atoms with Crippen molar-refractivity contribution < 1.29 is 142 Å². The van der Waals surface area contributed by atoms with Gasteiger partial charge in [-0.3, -0.25) is 42.9 Å². The zero-order valence-corrected chi connectivity index (χ0v) is 84.3. The van der Waals surface area contributed by atoms with E-state index in [-0.39, 0.29) is 75.4 Å². The second kappa shape index (κ2) is 49.2. The largest absolute Gasteiger partial charge is 0.550 e. The minimum absolute atomic E-state index is 0.0587. The molecule has 18 atom stereocenters. The van der Waals surface area contributed by atoms with Crippen molar-refractivity contribution in [1.82, 2.24) is 66.8 Å². The number of phenols is 3. The molecule has 0 saturated carbocycles. The van der Waals surface area contributed by atoms with Crippen LogP contribution in [0.2, 0.25) is 10.0 Å². The maximum atomic E-state index is 17.4. The van der Waals surface area contributed by atoms with Crippen LogP contribution in [0.3, 0.4) is 0 Å². The van der Waals surface area contributed by atoms with Gasteiger partial charge in [-0.05, 0) is 192 Å². The fourth-order valence-corrected chi connectivity index (χ4v) is 24.5. The van der Waals surface area contributed by atoms with Gasteiger partial charge in [-0.15, -0.1) is 14.0 Å². The Morgan fingerprint density at radius 1 is 0.531 bits per heavy atom. The highest BCUT2D eigenvalue weighted by molar-refractivity contribution is 7.64. The highest BCUT2D eigenvalue weighted by Crippen LogP contribution is 2.71. The maximum absolute atomic E-state index is 17.4. The Hall–Kier alpha value is -11.6. The molecule has 11 heterocycles. The van der Waals surface area contributed by atoms with Crippen molar-refractivity contribution in [2.75, 3.05) is 86.7 Å². The van der Waals surface area contributed by atoms with Crippen LogP contribution in [0, 0.1) is 0 Å². The Labute approximate surface area is 858 Å². The van der Waals surface area contributed by atoms with Crippen LogP contribution in [0.1, 0.15) is 198 Å². The fraction of sp³-hybridized carbons (Fsp3) is 0.500. The molecule has 147 heavy (non-hydrogen) atoms. The molecule has 0 unspecified atom stereocenters. The summed E-state index contributed by atoms with van der Waals surface area (Å²) in [6, 6.07) is 8.35. The van der Waals surface area contributed by atoms with Gasteiger partial charge in [0.05, 0.1) is 23.3 Å². The van der Waals surface area contributed by atoms with Gasteiger partial charge in [-0.25, -0.2) is 0 Å². The number of aliphatic carboxylic acids is 1. The molecule has 11 aliphatic rings. The van der Waals surface area contributed by atoms with Crippen LogP contribution in [0.4, 0.5) is 0 Å². The van der Waals surface area contributed by atoms with Crippen LogP contribution in [-0.4, -0.2) is 288 Å². The summed E-state index contributed by atoms with van der Waals surface area (Å²) >= 11 is 15.5. The Kier molecular flexibility index (Phi) is 36.7. The van der Waals surface area contributed by atoms with E-state index in [4.69, 9.17) is 70.8 Å². The lowest BCUT2D eigenvalue weighted by Crippen LogP contribution is -2.65. The first-order chi connectivity index (χ1) is 70.6. The van der Waals surface area contributed by atoms with Gasteiger partial charge in [0.1, 0.15) is 132 Å². The van der Waals surface area contributed by atoms with Crippen molar-refractivity contribution in [3.05, 3.63) is 164 Å². The molecule has 17 bridgehead atoms. The first-order valence-electron chi connectivity index (χ1n) is 49.7. The van der Waals surface area contributed by atoms with E-state index >= 15 is 33.6 Å². The van der Waals surface area contributed by atoms with Crippen molar-refractivity contribution in [2.24, 2.45) is 0 Å². The van der Waals surface area contributed by atoms with Gasteiger partial charge in [0.15, 0.2) is 23.0 Å². The molecule has 0 aromatic heterocycles. The molecule has 0 aliphatic carbocycles. The number of carbonyl (C=O) groups is 9. The zero-order chi connectivity index (χ0) is 105. The second-order valence-electron chi connectivity index (χ2n) is 38.2. The van der Waals surface area contributed by atoms with E-state index in [9.17, 15) is 61.0 Å². The summed E-state index contributed by atoms with van der Waals surface area (Å²) in [6.07, 6.45) is -6.49. The molecule has 45 heteroatoms. The van der Waals surface area contributed by atoms with E-state index in [0.29, 0.717) is 70.6 Å². The van der Waals surface area contributed by atoms with Crippen LogP contribution in [0.15, 0.2) is 115 Å². The Morgan fingerprint density at radius 3 is 1.72 bits per heavy atom. The summed E-state index contributed by atoms with van der Waals surface area (Å²) in [5.74, 6) is -14.9. The Balaban J connectivity index is 0.00000398. The van der Waals surface area contributed by atoms with Gasteiger partial charge in [0.25, 0.3) is 0 Å². The van der Waals surface area contributed by atoms with Crippen molar-refractivity contribution in [3.63, 3.8) is 0 Å². The van der Waals surface area contributed by atoms with Crippen LogP contribution >= 0.6 is 31.1 Å². The third-order valence-corrected chi connectivity index (χ3v) is 32.0. The maximum Gasteiger partial charge on any atom is 0.417 e. The van der Waals surface area contributed by atoms with Crippen LogP contribution in [0.25, 0.3) is 11.1 Å². The first kappa shape index (κ1) is 110. The highest BCUT2D eigenvalue weighted by Gasteiger charge is 2.63. The van der Waals surface area contributed by atoms with Crippen LogP contribution in [-0.2, 0) is 59.0 Å². The number of hydrogen-bond donors (Lipinski definition) is 20. The molecular weight excluding hydrogens is 1970 g/mol. The van der Waals surface area contributed by atoms with E-state index in [0.717, 1.165) is 133 Å². The van der Waals surface area contributed by atoms with E-state index in [1.807, 2.05) is 4.90 Å². The fourth-order valence-electron chi connectivity index (χ4n) is 19.8. The topological polar surface area (TPSA) is 594 Å². The lowest BCUT2D eigenvalue weighted by Gasteiger charge is -2.42. The van der Waals surface area contributed by atoms with E-state index in [2.05, 4.69) is 68.8 Å². The SMILES string of the molecule is CC(=O)[O-].CCCCCCCCCCCC(=O)N[C@H]1[C@H](Oc2c3cc4cc2Oc2ccc(cc2Cl)[C@@H](O)[C@@H]2NC(=O)[C@H](NC(=O)[C@@H]4NC(=O)[C@H]4NC(=O)[C@@H](Cc5ccc(cc5)O3)NC(=O)[C@H](NC)c3ccc(O)c(c3)Oc3cc(O[P+](N5CCCC5)(N5CCCC5)N5CCCC5)c(Cl)c4c3)c3ccc(O)c(c3)-c3c(O[C@H]4O[C@H](CO)[C@@H](O)[C@H](O)[C@@H]4O)cc(O)cc3[C@H](C(=O)NCCCN(C)C)NC2=O)O[C@H](CO)[C@@H](O)[C@@H]1O. The average Bonchev–Trinajstić information content (AvgIpc) is 1.60. The predicted octanol–water partition coefficient (Wildman–Crippen LogP) is 5.61. The van der Waals surface area contributed by atoms with Crippen LogP contribution < -0.4 is 81.2 Å². The number of ether oxygens (including phenoxy) is 7. The molecule has 7 aromatic carbocycles. The number of rotatable bonds is 28. The lowest BCUT2D eigenvalue weighted by molar-refractivity contribution is -0.302. The molecule has 0 spiro atoms. The summed E-state index contributed by atoms with van der Waals surface area (Å²) in [7, 11) is 1.87. The molecule has 7 aromatic rings. The third-order valence-electron chi connectivity index (χ3n) is 27.4. The number of likely N-dealkylation sites (N-methyl/N-ethyl adjacent to an activating group) is 1. The zero-order valence-electron chi connectivity index (χ0n) is 81.9. The molecule has 42 nitrogen and oxygen atoms in total. The molecule has 18 rings (SSSR count). The highest BCUT2D eigenvalue weighted by atomic mass is 35.5. The number of carboxylic acids is 1. The number of aliphatic hydroxyl groups is 8. The lowest BCUT2D eigenvalue weighted by atomic mass is 9.89. The number of halogens is 2. The molecule has 0 radical (unpaired) electrons. The smallest absolute Gasteiger partial charge is 0.417 e. The van der Waals surface area contributed by atoms with Crippen molar-refractivity contribution >= 4 is 84.4 Å². The minimum Gasteiger partial charge on any atom is -0.550 e. The van der Waals surface area contributed by atoms with Gasteiger partial charge >= 0.3 is 7.94 Å². The number of carboxylic acid groups (broad SMARTS) is 1. The number of hydrogen-bond acceptors (Lipinski definition) is 34. The summed E-state index contributed by atoms with van der Waals surface area (Å²) in [6.45, 7) is 5.32. The molecule has 20 N–H and O–H groups in total. The molecule has 11 aliphatic heterocycles. The summed E-state index contributed by atoms with van der Waals surface area (Å²) in [5, 5.41) is 162. The standard InChI is InChI=1S/C100H124Cl2N13O27P.C2H4O2/c1-5-6-7-8-9-10-11-12-13-21-75(121)106-84-88(125)86(123)73(50-116)139-99(84)141-91-71-44-56-45-72(91)137-67-31-26-55(42-63(67)101)85(122)83-98(134)110-81(93(129)104-32-20-33-112(3)4)61-46-57(118)47-69(138-100-90(127)89(126)87(124)74(51-117)140-100)76(61)60-41-53(24-29-65(60)119)79(95(131)111-83)107-96(132)80(56)108-97(133)82-62-48-59(49-70(77(62)102)142-143(113-34-14-15-35-113,114-36-16-17-37-114)115-38-18-19-39-115)136-68-43-54(25-30-66(68)120)78(103-2)94(130)105-64(92(128)109-82)40-52-22-27-58(135-71)28-23-52;1-2(3)4/h22-31,41-49,64,73-74,78-90,99-100,103,116-117,122-127H,5-21,32-40,50-51H2,1-4H3,(H10-,104,105,106,107,108,109,110,111,118,119,120,121,128,129,130,131,132,133,134);1H3,(H,3,4)/t64-,73-,74-,78-,79-,80-,81-,82+,83+,84-,85-,86-,87-,88-,89+,90+,99+,100+;/m1./s1. The van der Waals surface area contributed by atoms with Gasteiger partial charge in [0, 0.05) is 93.4 Å². The number of carbonyl (C=O) groups excluding carboxylic acids is 9. The van der Waals surface area contributed by atoms with Crippen molar-refractivity contribution in [2.45, 2.75) is 239 Å². The summed E-state index contributed by atoms with van der Waals surface area (Å²) < 4.78 is 61.1. The molecule has 5 saturated heterocycles. The van der Waals surface area contributed by atoms with Gasteiger partial charge in [-0.1, -0.05) is 112 Å². The number of unbranched alkanes of at least 4 members (excludes halogenated alkanes) is 8. The number of fused-ring (bicyclic) bond motifs is 14. The van der Waals surface area contributed by atoms with Gasteiger partial charge in [0.2, 0.25) is 71.3 Å². The van der Waals surface area contributed by atoms with Gasteiger partial charge in [-0.2, -0.15) is 0 Å². The number of aromatic hydroxyl groups is 3. The third kappa shape index (κ3) is 25.3. The number of benzene rings is 7. The van der Waals surface area contributed by atoms with E-state index < -0.39 is 252 Å². The molecular formula is C102H128Cl2N13O29P. The number of amides is 8. The molecule has 5 fully saturated rings. The normalized spacial score (nSPS) is 26.0. The van der Waals surface area contributed by atoms with E-state index in [1.165, 1.54) is 67.7 Å². The Morgan fingerprint density at radius 2 is 1.10 bits per heavy atom. The predicted molar refractivity (Wildman–Crippen MR) is 531 cm³/mol. The van der Waals surface area contributed by atoms with Crippen LogP contribution in [0.5, 0.6) is 69.0 Å². The number of phenolic OH excluding ortho intramolecular Hbond substituents is 3. The van der Waals surface area contributed by atoms with Crippen molar-refractivity contribution in [3.8, 4) is 80.1 Å². The minimum atomic E-state index is -3.20. The van der Waals surface area contributed by atoms with Crippen molar-refractivity contribution in [1.29, 1.82) is 0 Å². The summed E-state index contributed by atoms with van der Waals surface area (Å²) in [4.78, 5) is 140.